The summed E-state index contributed by atoms with van der Waals surface area (Å²) in [5.74, 6) is -1.70. The zero-order valence-corrected chi connectivity index (χ0v) is 11.6. The molecule has 0 radical (unpaired) electrons. The molecule has 21 heavy (non-hydrogen) atoms. The Hall–Kier alpha value is -2.50. The molecule has 1 aliphatic rings. The fourth-order valence-corrected chi connectivity index (χ4v) is 2.29. The fraction of sp³-hybridized carbons (Fsp3) is 0.333. The Labute approximate surface area is 121 Å². The first kappa shape index (κ1) is 14.9. The van der Waals surface area contributed by atoms with Gasteiger partial charge in [0.25, 0.3) is 0 Å². The number of nitrogens with one attached hydrogen (secondary N) is 2. The molecule has 2 N–H and O–H groups in total. The number of anilines is 1. The first-order valence-electron chi connectivity index (χ1n) is 6.71. The Balaban J connectivity index is 2.12. The van der Waals surface area contributed by atoms with E-state index in [9.17, 15) is 19.2 Å². The number of amides is 3. The van der Waals surface area contributed by atoms with E-state index in [4.69, 9.17) is 0 Å². The number of carbonyl (C=O) groups is 4. The van der Waals surface area contributed by atoms with Gasteiger partial charge in [-0.1, -0.05) is 12.1 Å². The summed E-state index contributed by atoms with van der Waals surface area (Å²) in [4.78, 5) is 46.2. The minimum Gasteiger partial charge on any atom is -0.326 e. The molecule has 0 spiro atoms. The second-order valence-corrected chi connectivity index (χ2v) is 5.00. The number of piperidine rings is 1. The van der Waals surface area contributed by atoms with Crippen molar-refractivity contribution in [2.75, 3.05) is 5.32 Å². The van der Waals surface area contributed by atoms with Crippen molar-refractivity contribution >= 4 is 29.2 Å². The minimum absolute atomic E-state index is 0.0235. The largest absolute Gasteiger partial charge is 0.326 e. The number of benzene rings is 1. The lowest BCUT2D eigenvalue weighted by Gasteiger charge is -2.20. The predicted octanol–water partition coefficient (Wildman–Crippen LogP) is 1.27. The molecule has 0 bridgehead atoms. The topological polar surface area (TPSA) is 92.3 Å². The zero-order valence-electron chi connectivity index (χ0n) is 11.6. The summed E-state index contributed by atoms with van der Waals surface area (Å²) >= 11 is 0. The van der Waals surface area contributed by atoms with E-state index in [0.29, 0.717) is 17.7 Å². The molecule has 6 nitrogen and oxygen atoms in total. The van der Waals surface area contributed by atoms with E-state index in [1.807, 2.05) is 0 Å². The highest BCUT2D eigenvalue weighted by molar-refractivity contribution is 6.07. The number of imide groups is 1. The van der Waals surface area contributed by atoms with Gasteiger partial charge in [-0.2, -0.15) is 0 Å². The van der Waals surface area contributed by atoms with E-state index < -0.39 is 11.8 Å². The van der Waals surface area contributed by atoms with Crippen LogP contribution in [0, 0.1) is 5.92 Å². The van der Waals surface area contributed by atoms with Gasteiger partial charge in [0.1, 0.15) is 0 Å². The van der Waals surface area contributed by atoms with Crippen molar-refractivity contribution in [3.63, 3.8) is 0 Å². The Morgan fingerprint density at radius 1 is 1.29 bits per heavy atom. The second kappa shape index (κ2) is 6.30. The molecule has 1 aromatic rings. The molecule has 1 heterocycles. The van der Waals surface area contributed by atoms with Gasteiger partial charge in [0.2, 0.25) is 17.7 Å². The fourth-order valence-electron chi connectivity index (χ4n) is 2.29. The number of hydrogen-bond donors (Lipinski definition) is 2. The first-order valence-corrected chi connectivity index (χ1v) is 6.71. The van der Waals surface area contributed by atoms with Gasteiger partial charge in [-0.05, 0) is 18.6 Å². The Morgan fingerprint density at radius 3 is 2.67 bits per heavy atom. The van der Waals surface area contributed by atoms with Crippen LogP contribution in [0.2, 0.25) is 0 Å². The van der Waals surface area contributed by atoms with Crippen LogP contribution < -0.4 is 10.6 Å². The third-order valence-electron chi connectivity index (χ3n) is 3.32. The lowest BCUT2D eigenvalue weighted by atomic mass is 9.90. The lowest BCUT2D eigenvalue weighted by molar-refractivity contribution is -0.136. The molecular formula is C15H16N2O4. The zero-order chi connectivity index (χ0) is 15.4. The molecule has 1 unspecified atom stereocenters. The lowest BCUT2D eigenvalue weighted by Crippen LogP contribution is -2.41. The normalized spacial score (nSPS) is 18.0. The molecule has 1 atom stereocenters. The summed E-state index contributed by atoms with van der Waals surface area (Å²) in [5, 5.41) is 4.83. The first-order chi connectivity index (χ1) is 9.97. The van der Waals surface area contributed by atoms with Crippen molar-refractivity contribution < 1.29 is 19.2 Å². The number of carbonyl (C=O) groups excluding carboxylic acids is 4. The van der Waals surface area contributed by atoms with Crippen LogP contribution in [0.4, 0.5) is 5.69 Å². The predicted molar refractivity (Wildman–Crippen MR) is 75.6 cm³/mol. The van der Waals surface area contributed by atoms with Crippen molar-refractivity contribution in [3.8, 4) is 0 Å². The quantitative estimate of drug-likeness (QED) is 0.644. The third kappa shape index (κ3) is 3.75. The van der Waals surface area contributed by atoms with Gasteiger partial charge >= 0.3 is 0 Å². The standard InChI is InChI=1S/C15H16N2O4/c1-9(18)16-12-5-3-2-4-11(12)13(19)8-10-6-7-14(20)17-15(10)21/h2-5,10H,6-8H2,1H3,(H,16,18)(H,17,20,21). The van der Waals surface area contributed by atoms with Gasteiger partial charge in [0.15, 0.2) is 5.78 Å². The van der Waals surface area contributed by atoms with Gasteiger partial charge in [0, 0.05) is 31.2 Å². The number of rotatable bonds is 4. The number of para-hydroxylation sites is 1. The Morgan fingerprint density at radius 2 is 2.00 bits per heavy atom. The summed E-state index contributed by atoms with van der Waals surface area (Å²) in [7, 11) is 0. The van der Waals surface area contributed by atoms with Gasteiger partial charge in [-0.15, -0.1) is 0 Å². The maximum absolute atomic E-state index is 12.3. The van der Waals surface area contributed by atoms with Crippen molar-refractivity contribution in [1.82, 2.24) is 5.32 Å². The van der Waals surface area contributed by atoms with Gasteiger partial charge < -0.3 is 5.32 Å². The average Bonchev–Trinajstić information content (AvgIpc) is 2.42. The van der Waals surface area contributed by atoms with Crippen LogP contribution >= 0.6 is 0 Å². The van der Waals surface area contributed by atoms with Gasteiger partial charge in [0.05, 0.1) is 5.69 Å². The Kier molecular flexibility index (Phi) is 4.47. The number of hydrogen-bond acceptors (Lipinski definition) is 4. The molecule has 6 heteroatoms. The van der Waals surface area contributed by atoms with Crippen molar-refractivity contribution in [3.05, 3.63) is 29.8 Å². The maximum Gasteiger partial charge on any atom is 0.230 e. The van der Waals surface area contributed by atoms with Crippen LogP contribution in [0.15, 0.2) is 24.3 Å². The highest BCUT2D eigenvalue weighted by atomic mass is 16.2. The third-order valence-corrected chi connectivity index (χ3v) is 3.32. The van der Waals surface area contributed by atoms with Crippen LogP contribution in [0.25, 0.3) is 0 Å². The van der Waals surface area contributed by atoms with Crippen molar-refractivity contribution in [2.24, 2.45) is 5.92 Å². The summed E-state index contributed by atoms with van der Waals surface area (Å²) < 4.78 is 0. The van der Waals surface area contributed by atoms with Crippen LogP contribution in [0.3, 0.4) is 0 Å². The monoisotopic (exact) mass is 288 g/mol. The summed E-state index contributed by atoms with van der Waals surface area (Å²) in [5.41, 5.74) is 0.805. The smallest absolute Gasteiger partial charge is 0.230 e. The number of ketones is 1. The van der Waals surface area contributed by atoms with E-state index in [-0.39, 0.29) is 30.4 Å². The molecule has 1 fully saturated rings. The van der Waals surface area contributed by atoms with Crippen molar-refractivity contribution in [2.45, 2.75) is 26.2 Å². The second-order valence-electron chi connectivity index (χ2n) is 5.00. The van der Waals surface area contributed by atoms with Crippen LogP contribution in [0.1, 0.15) is 36.5 Å². The maximum atomic E-state index is 12.3. The van der Waals surface area contributed by atoms with Crippen LogP contribution in [-0.2, 0) is 14.4 Å². The molecule has 110 valence electrons. The molecule has 0 aromatic heterocycles. The van der Waals surface area contributed by atoms with E-state index in [2.05, 4.69) is 10.6 Å². The molecule has 2 rings (SSSR count). The minimum atomic E-state index is -0.499. The summed E-state index contributed by atoms with van der Waals surface area (Å²) in [6.07, 6.45) is 0.644. The molecule has 3 amide bonds. The van der Waals surface area contributed by atoms with E-state index in [0.717, 1.165) is 0 Å². The molecular weight excluding hydrogens is 272 g/mol. The molecule has 1 aliphatic heterocycles. The van der Waals surface area contributed by atoms with E-state index in [1.165, 1.54) is 6.92 Å². The highest BCUT2D eigenvalue weighted by Crippen LogP contribution is 2.22. The molecule has 0 saturated carbocycles. The van der Waals surface area contributed by atoms with Crippen LogP contribution in [0.5, 0.6) is 0 Å². The van der Waals surface area contributed by atoms with Crippen LogP contribution in [-0.4, -0.2) is 23.5 Å². The SMILES string of the molecule is CC(=O)Nc1ccccc1C(=O)CC1CCC(=O)NC1=O. The van der Waals surface area contributed by atoms with Crippen molar-refractivity contribution in [1.29, 1.82) is 0 Å². The van der Waals surface area contributed by atoms with E-state index >= 15 is 0 Å². The summed E-state index contributed by atoms with van der Waals surface area (Å²) in [6, 6.07) is 6.66. The van der Waals surface area contributed by atoms with E-state index in [1.54, 1.807) is 24.3 Å². The van der Waals surface area contributed by atoms with Gasteiger partial charge in [-0.25, -0.2) is 0 Å². The summed E-state index contributed by atoms with van der Waals surface area (Å²) in [6.45, 7) is 1.36. The van der Waals surface area contributed by atoms with Gasteiger partial charge in [-0.3, -0.25) is 24.5 Å². The molecule has 1 saturated heterocycles. The average molecular weight is 288 g/mol. The molecule has 1 aromatic carbocycles. The highest BCUT2D eigenvalue weighted by Gasteiger charge is 2.29. The Bertz CT molecular complexity index is 609. The number of Topliss-reactive ketones (excluding diaryl/α,β-unsaturated/α-hetero) is 1. The molecule has 0 aliphatic carbocycles.